The van der Waals surface area contributed by atoms with Crippen LogP contribution in [0.4, 0.5) is 17.6 Å². The lowest BCUT2D eigenvalue weighted by molar-refractivity contribution is -0.0520. The van der Waals surface area contributed by atoms with Crippen LogP contribution in [0.3, 0.4) is 0 Å². The molecule has 0 saturated heterocycles. The van der Waals surface area contributed by atoms with Crippen LogP contribution in [0, 0.1) is 0 Å². The van der Waals surface area contributed by atoms with Crippen molar-refractivity contribution in [2.45, 2.75) is 26.5 Å². The summed E-state index contributed by atoms with van der Waals surface area (Å²) in [6, 6.07) is 4.69. The van der Waals surface area contributed by atoms with Crippen molar-refractivity contribution in [3.8, 4) is 11.5 Å². The third-order valence-electron chi connectivity index (χ3n) is 2.66. The molecule has 0 aliphatic carbocycles. The van der Waals surface area contributed by atoms with Gasteiger partial charge in [0.25, 0.3) is 6.43 Å². The Bertz CT molecular complexity index is 519. The molecule has 0 unspecified atom stereocenters. The summed E-state index contributed by atoms with van der Waals surface area (Å²) in [4.78, 5) is 3.77. The first-order valence-corrected chi connectivity index (χ1v) is 6.90. The first-order chi connectivity index (χ1) is 11.0. The van der Waals surface area contributed by atoms with Gasteiger partial charge in [-0.15, -0.1) is 24.0 Å². The lowest BCUT2D eigenvalue weighted by Crippen LogP contribution is -2.39. The third kappa shape index (κ3) is 7.88. The Morgan fingerprint density at radius 2 is 1.92 bits per heavy atom. The maximum Gasteiger partial charge on any atom is 0.387 e. The van der Waals surface area contributed by atoms with Gasteiger partial charge in [-0.3, -0.25) is 4.99 Å². The van der Waals surface area contributed by atoms with Gasteiger partial charge in [0, 0.05) is 19.2 Å². The van der Waals surface area contributed by atoms with Crippen molar-refractivity contribution >= 4 is 29.9 Å². The lowest BCUT2D eigenvalue weighted by atomic mass is 10.2. The summed E-state index contributed by atoms with van der Waals surface area (Å²) in [6.07, 6.45) is -2.53. The molecule has 5 nitrogen and oxygen atoms in total. The van der Waals surface area contributed by atoms with Crippen LogP contribution in [0.25, 0.3) is 0 Å². The smallest absolute Gasteiger partial charge is 0.387 e. The zero-order valence-corrected chi connectivity index (χ0v) is 15.5. The maximum absolute atomic E-state index is 12.6. The molecule has 2 N–H and O–H groups in total. The second kappa shape index (κ2) is 12.0. The molecule has 10 heteroatoms. The lowest BCUT2D eigenvalue weighted by Gasteiger charge is -2.17. The minimum Gasteiger partial charge on any atom is -0.490 e. The highest BCUT2D eigenvalue weighted by molar-refractivity contribution is 14.0. The van der Waals surface area contributed by atoms with E-state index in [2.05, 4.69) is 20.4 Å². The number of para-hydroxylation sites is 1. The summed E-state index contributed by atoms with van der Waals surface area (Å²) in [5.74, 6) is 0.207. The molecule has 0 aliphatic heterocycles. The fourth-order valence-corrected chi connectivity index (χ4v) is 1.77. The fraction of sp³-hybridized carbons (Fsp3) is 0.500. The Morgan fingerprint density at radius 1 is 1.21 bits per heavy atom. The van der Waals surface area contributed by atoms with Crippen molar-refractivity contribution in [1.82, 2.24) is 10.6 Å². The van der Waals surface area contributed by atoms with E-state index in [0.29, 0.717) is 5.56 Å². The minimum atomic E-state index is -3.01. The Kier molecular flexibility index (Phi) is 11.3. The molecule has 0 saturated carbocycles. The Labute approximate surface area is 154 Å². The number of hydrogen-bond donors (Lipinski definition) is 2. The first kappa shape index (κ1) is 22.5. The van der Waals surface area contributed by atoms with Gasteiger partial charge in [0.1, 0.15) is 0 Å². The van der Waals surface area contributed by atoms with Crippen LogP contribution < -0.4 is 20.1 Å². The van der Waals surface area contributed by atoms with Gasteiger partial charge in [-0.05, 0) is 13.0 Å². The molecule has 0 spiro atoms. The first-order valence-electron chi connectivity index (χ1n) is 6.90. The van der Waals surface area contributed by atoms with Gasteiger partial charge in [-0.25, -0.2) is 8.78 Å². The molecule has 1 rings (SSSR count). The number of alkyl halides is 4. The van der Waals surface area contributed by atoms with E-state index in [1.165, 1.54) is 13.1 Å². The van der Waals surface area contributed by atoms with Gasteiger partial charge < -0.3 is 20.1 Å². The van der Waals surface area contributed by atoms with Gasteiger partial charge in [0.05, 0.1) is 13.2 Å². The van der Waals surface area contributed by atoms with Crippen LogP contribution >= 0.6 is 24.0 Å². The van der Waals surface area contributed by atoms with E-state index in [1.807, 2.05) is 0 Å². The molecule has 0 amide bonds. The van der Waals surface area contributed by atoms with Crippen molar-refractivity contribution in [3.05, 3.63) is 23.8 Å². The van der Waals surface area contributed by atoms with Gasteiger partial charge in [0.2, 0.25) is 0 Å². The van der Waals surface area contributed by atoms with E-state index in [4.69, 9.17) is 4.74 Å². The quantitative estimate of drug-likeness (QED) is 0.268. The van der Waals surface area contributed by atoms with Crippen LogP contribution in [0.1, 0.15) is 12.5 Å². The number of guanidine groups is 1. The van der Waals surface area contributed by atoms with Crippen LogP contribution in [0.2, 0.25) is 0 Å². The molecule has 1 aromatic rings. The van der Waals surface area contributed by atoms with Crippen molar-refractivity contribution in [1.29, 1.82) is 0 Å². The normalized spacial score (nSPS) is 11.2. The highest BCUT2D eigenvalue weighted by atomic mass is 127. The number of rotatable bonds is 8. The third-order valence-corrected chi connectivity index (χ3v) is 2.66. The summed E-state index contributed by atoms with van der Waals surface area (Å²) in [5.41, 5.74) is 0.385. The SMILES string of the molecule is CCOc1cccc(CNC(=NC)NCC(F)F)c1OC(F)F.I. The molecule has 138 valence electrons. The molecule has 24 heavy (non-hydrogen) atoms. The monoisotopic (exact) mass is 465 g/mol. The van der Waals surface area contributed by atoms with Gasteiger partial charge in [-0.2, -0.15) is 8.78 Å². The van der Waals surface area contributed by atoms with Crippen molar-refractivity contribution in [3.63, 3.8) is 0 Å². The number of ether oxygens (including phenoxy) is 2. The summed E-state index contributed by atoms with van der Waals surface area (Å²) >= 11 is 0. The number of aliphatic imine (C=N–C) groups is 1. The molecule has 0 atom stereocenters. The van der Waals surface area contributed by atoms with E-state index in [-0.39, 0.29) is 54.6 Å². The van der Waals surface area contributed by atoms with Gasteiger partial charge in [0.15, 0.2) is 17.5 Å². The van der Waals surface area contributed by atoms with Crippen LogP contribution in [0.15, 0.2) is 23.2 Å². The predicted molar refractivity (Wildman–Crippen MR) is 93.9 cm³/mol. The Hall–Kier alpha value is -1.46. The van der Waals surface area contributed by atoms with E-state index in [1.54, 1.807) is 19.1 Å². The van der Waals surface area contributed by atoms with Crippen LogP contribution in [-0.4, -0.2) is 39.2 Å². The highest BCUT2D eigenvalue weighted by Crippen LogP contribution is 2.32. The Morgan fingerprint density at radius 3 is 2.46 bits per heavy atom. The zero-order chi connectivity index (χ0) is 17.2. The predicted octanol–water partition coefficient (Wildman–Crippen LogP) is 3.23. The number of nitrogens with zero attached hydrogens (tertiary/aromatic N) is 1. The molecule has 0 aromatic heterocycles. The topological polar surface area (TPSA) is 54.9 Å². The maximum atomic E-state index is 12.6. The van der Waals surface area contributed by atoms with E-state index in [9.17, 15) is 17.6 Å². The van der Waals surface area contributed by atoms with E-state index < -0.39 is 19.6 Å². The summed E-state index contributed by atoms with van der Waals surface area (Å²) in [7, 11) is 1.41. The molecule has 0 heterocycles. The van der Waals surface area contributed by atoms with E-state index in [0.717, 1.165) is 0 Å². The molecular weight excluding hydrogens is 445 g/mol. The minimum absolute atomic E-state index is 0. The second-order valence-electron chi connectivity index (χ2n) is 4.25. The molecule has 0 radical (unpaired) electrons. The zero-order valence-electron chi connectivity index (χ0n) is 13.2. The standard InChI is InChI=1S/C14H19F4N3O2.HI/c1-3-22-10-6-4-5-9(12(10)23-13(17)18)7-20-14(19-2)21-8-11(15)16;/h4-6,11,13H,3,7-8H2,1-2H3,(H2,19,20,21);1H. The second-order valence-corrected chi connectivity index (χ2v) is 4.25. The Balaban J connectivity index is 0.00000529. The van der Waals surface area contributed by atoms with Crippen molar-refractivity contribution in [2.24, 2.45) is 4.99 Å². The summed E-state index contributed by atoms with van der Waals surface area (Å²) in [5, 5.41) is 5.16. The van der Waals surface area contributed by atoms with Crippen LogP contribution in [0.5, 0.6) is 11.5 Å². The number of halogens is 5. The van der Waals surface area contributed by atoms with Crippen LogP contribution in [-0.2, 0) is 6.54 Å². The fourth-order valence-electron chi connectivity index (χ4n) is 1.77. The van der Waals surface area contributed by atoms with Gasteiger partial charge >= 0.3 is 6.61 Å². The molecular formula is C14H20F4IN3O2. The molecule has 1 aromatic carbocycles. The molecule has 0 aliphatic rings. The van der Waals surface area contributed by atoms with Crippen molar-refractivity contribution < 1.29 is 27.0 Å². The van der Waals surface area contributed by atoms with Crippen molar-refractivity contribution in [2.75, 3.05) is 20.2 Å². The number of nitrogens with one attached hydrogen (secondary N) is 2. The molecule has 0 fully saturated rings. The average Bonchev–Trinajstić information content (AvgIpc) is 2.49. The summed E-state index contributed by atoms with van der Waals surface area (Å²) < 4.78 is 59.3. The number of benzene rings is 1. The largest absolute Gasteiger partial charge is 0.490 e. The molecule has 0 bridgehead atoms. The van der Waals surface area contributed by atoms with E-state index >= 15 is 0 Å². The number of hydrogen-bond acceptors (Lipinski definition) is 3. The van der Waals surface area contributed by atoms with Gasteiger partial charge in [-0.1, -0.05) is 12.1 Å². The highest BCUT2D eigenvalue weighted by Gasteiger charge is 2.16. The average molecular weight is 465 g/mol. The summed E-state index contributed by atoms with van der Waals surface area (Å²) in [6.45, 7) is -1.53.